The first-order chi connectivity index (χ1) is 10.4. The van der Waals surface area contributed by atoms with Crippen LogP contribution in [0.3, 0.4) is 0 Å². The third-order valence-corrected chi connectivity index (χ3v) is 3.43. The Morgan fingerprint density at radius 1 is 1.30 bits per heavy atom. The Hall–Kier alpha value is -1.81. The minimum Gasteiger partial charge on any atom is -0.323 e. The molecule has 130 valence electrons. The highest BCUT2D eigenvalue weighted by molar-refractivity contribution is 7.92. The summed E-state index contributed by atoms with van der Waals surface area (Å²) in [7, 11) is -3.73. The molecule has 10 heteroatoms. The highest BCUT2D eigenvalue weighted by atomic mass is 32.2. The Bertz CT molecular complexity index is 675. The lowest BCUT2D eigenvalue weighted by atomic mass is 10.1. The summed E-state index contributed by atoms with van der Waals surface area (Å²) >= 11 is 0. The van der Waals surface area contributed by atoms with Crippen LogP contribution >= 0.6 is 0 Å². The van der Waals surface area contributed by atoms with E-state index in [2.05, 4.69) is 10.0 Å². The first-order valence-corrected chi connectivity index (χ1v) is 8.58. The maximum absolute atomic E-state index is 12.8. The van der Waals surface area contributed by atoms with Gasteiger partial charge in [0.05, 0.1) is 29.2 Å². The van der Waals surface area contributed by atoms with Crippen molar-refractivity contribution in [2.24, 2.45) is 5.73 Å². The topological polar surface area (TPSA) is 101 Å². The monoisotopic (exact) mass is 353 g/mol. The standard InChI is InChI=1S/C13H18F3N3O3S/c1-3-4-9(17)12(20)18-11-7-8(13(14,15)16)5-6-10(11)19-23(2,21)22/h5-7,9,19H,3-4,17H2,1-2H3,(H,18,20). The quantitative estimate of drug-likeness (QED) is 0.729. The number of amides is 1. The molecule has 1 atom stereocenters. The van der Waals surface area contributed by atoms with Gasteiger partial charge in [0, 0.05) is 0 Å². The van der Waals surface area contributed by atoms with Crippen molar-refractivity contribution in [3.8, 4) is 0 Å². The molecule has 23 heavy (non-hydrogen) atoms. The van der Waals surface area contributed by atoms with Crippen LogP contribution in [0.5, 0.6) is 0 Å². The summed E-state index contributed by atoms with van der Waals surface area (Å²) in [5.74, 6) is -0.692. The van der Waals surface area contributed by atoms with E-state index in [-0.39, 0.29) is 11.4 Å². The number of rotatable bonds is 6. The van der Waals surface area contributed by atoms with Crippen LogP contribution in [0.2, 0.25) is 0 Å². The fourth-order valence-electron chi connectivity index (χ4n) is 1.78. The van der Waals surface area contributed by atoms with Crippen LogP contribution in [0.1, 0.15) is 25.3 Å². The van der Waals surface area contributed by atoms with E-state index in [1.54, 1.807) is 6.92 Å². The number of alkyl halides is 3. The summed E-state index contributed by atoms with van der Waals surface area (Å²) in [5, 5.41) is 2.24. The van der Waals surface area contributed by atoms with E-state index in [9.17, 15) is 26.4 Å². The maximum Gasteiger partial charge on any atom is 0.416 e. The molecule has 1 rings (SSSR count). The second kappa shape index (κ2) is 7.18. The third-order valence-electron chi connectivity index (χ3n) is 2.84. The second-order valence-electron chi connectivity index (χ2n) is 5.02. The minimum absolute atomic E-state index is 0.169. The van der Waals surface area contributed by atoms with Crippen LogP contribution < -0.4 is 15.8 Å². The molecule has 0 aliphatic rings. The van der Waals surface area contributed by atoms with Gasteiger partial charge >= 0.3 is 6.18 Å². The Kier molecular flexibility index (Phi) is 6.00. The largest absolute Gasteiger partial charge is 0.416 e. The van der Waals surface area contributed by atoms with Crippen molar-refractivity contribution in [1.29, 1.82) is 0 Å². The molecule has 4 N–H and O–H groups in total. The van der Waals surface area contributed by atoms with Gasteiger partial charge in [-0.05, 0) is 24.6 Å². The number of hydrogen-bond donors (Lipinski definition) is 3. The van der Waals surface area contributed by atoms with Gasteiger partial charge in [-0.15, -0.1) is 0 Å². The molecule has 0 saturated heterocycles. The summed E-state index contributed by atoms with van der Waals surface area (Å²) in [6.45, 7) is 1.80. The lowest BCUT2D eigenvalue weighted by Gasteiger charge is -2.17. The van der Waals surface area contributed by atoms with Gasteiger partial charge in [0.1, 0.15) is 0 Å². The molecule has 0 aromatic heterocycles. The zero-order valence-electron chi connectivity index (χ0n) is 12.6. The summed E-state index contributed by atoms with van der Waals surface area (Å²) in [6, 6.07) is 1.41. The Labute approximate surface area is 132 Å². The molecule has 0 radical (unpaired) electrons. The first-order valence-electron chi connectivity index (χ1n) is 6.69. The van der Waals surface area contributed by atoms with E-state index >= 15 is 0 Å². The maximum atomic E-state index is 12.8. The number of sulfonamides is 1. The van der Waals surface area contributed by atoms with Gasteiger partial charge < -0.3 is 11.1 Å². The highest BCUT2D eigenvalue weighted by Crippen LogP contribution is 2.34. The van der Waals surface area contributed by atoms with E-state index in [0.29, 0.717) is 18.9 Å². The van der Waals surface area contributed by atoms with Crippen LogP contribution in [0.25, 0.3) is 0 Å². The van der Waals surface area contributed by atoms with Crippen LogP contribution in [-0.4, -0.2) is 26.6 Å². The fourth-order valence-corrected chi connectivity index (χ4v) is 2.36. The summed E-state index contributed by atoms with van der Waals surface area (Å²) in [5.41, 5.74) is 4.11. The summed E-state index contributed by atoms with van der Waals surface area (Å²) < 4.78 is 63.0. The van der Waals surface area contributed by atoms with Crippen LogP contribution in [0, 0.1) is 0 Å². The molecule has 0 saturated carbocycles. The highest BCUT2D eigenvalue weighted by Gasteiger charge is 2.31. The summed E-state index contributed by atoms with van der Waals surface area (Å²) in [6.07, 6.45) is -2.82. The van der Waals surface area contributed by atoms with E-state index in [0.717, 1.165) is 18.4 Å². The molecular weight excluding hydrogens is 335 g/mol. The molecule has 6 nitrogen and oxygen atoms in total. The molecule has 1 aromatic carbocycles. The molecule has 0 aliphatic heterocycles. The molecule has 1 amide bonds. The van der Waals surface area contributed by atoms with Gasteiger partial charge in [-0.2, -0.15) is 13.2 Å². The van der Waals surface area contributed by atoms with Crippen LogP contribution in [-0.2, 0) is 21.0 Å². The molecule has 0 aliphatic carbocycles. The predicted molar refractivity (Wildman–Crippen MR) is 81.4 cm³/mol. The van der Waals surface area contributed by atoms with Crippen molar-refractivity contribution in [2.75, 3.05) is 16.3 Å². The number of hydrogen-bond acceptors (Lipinski definition) is 4. The number of nitrogens with two attached hydrogens (primary N) is 1. The number of halogens is 3. The normalized spacial score (nSPS) is 13.5. The van der Waals surface area contributed by atoms with Crippen molar-refractivity contribution in [1.82, 2.24) is 0 Å². The number of benzene rings is 1. The number of nitrogens with one attached hydrogen (secondary N) is 2. The number of anilines is 2. The smallest absolute Gasteiger partial charge is 0.323 e. The average Bonchev–Trinajstić information content (AvgIpc) is 2.38. The molecule has 0 spiro atoms. The second-order valence-corrected chi connectivity index (χ2v) is 6.77. The van der Waals surface area contributed by atoms with Crippen LogP contribution in [0.4, 0.5) is 24.5 Å². The lowest BCUT2D eigenvalue weighted by molar-refractivity contribution is -0.137. The molecule has 1 aromatic rings. The van der Waals surface area contributed by atoms with E-state index in [1.165, 1.54) is 0 Å². The third kappa shape index (κ3) is 6.06. The van der Waals surface area contributed by atoms with Crippen molar-refractivity contribution >= 4 is 27.3 Å². The van der Waals surface area contributed by atoms with Gasteiger partial charge in [-0.3, -0.25) is 9.52 Å². The first kappa shape index (κ1) is 19.2. The van der Waals surface area contributed by atoms with Crippen molar-refractivity contribution in [3.63, 3.8) is 0 Å². The van der Waals surface area contributed by atoms with Gasteiger partial charge in [0.25, 0.3) is 0 Å². The number of carbonyl (C=O) groups excluding carboxylic acids is 1. The molecule has 0 heterocycles. The zero-order valence-corrected chi connectivity index (χ0v) is 13.4. The zero-order chi connectivity index (χ0) is 17.8. The SMILES string of the molecule is CCCC(N)C(=O)Nc1cc(C(F)(F)F)ccc1NS(C)(=O)=O. The van der Waals surface area contributed by atoms with Gasteiger partial charge in [-0.25, -0.2) is 8.42 Å². The van der Waals surface area contributed by atoms with Crippen molar-refractivity contribution in [3.05, 3.63) is 23.8 Å². The summed E-state index contributed by atoms with van der Waals surface area (Å²) in [4.78, 5) is 11.9. The van der Waals surface area contributed by atoms with Crippen molar-refractivity contribution < 1.29 is 26.4 Å². The van der Waals surface area contributed by atoms with Gasteiger partial charge in [0.15, 0.2) is 0 Å². The lowest BCUT2D eigenvalue weighted by Crippen LogP contribution is -2.35. The van der Waals surface area contributed by atoms with E-state index in [4.69, 9.17) is 5.73 Å². The average molecular weight is 353 g/mol. The molecule has 0 bridgehead atoms. The van der Waals surface area contributed by atoms with Crippen molar-refractivity contribution in [2.45, 2.75) is 32.0 Å². The van der Waals surface area contributed by atoms with Gasteiger partial charge in [-0.1, -0.05) is 13.3 Å². The van der Waals surface area contributed by atoms with Gasteiger partial charge in [0.2, 0.25) is 15.9 Å². The molecule has 1 unspecified atom stereocenters. The van der Waals surface area contributed by atoms with Crippen LogP contribution in [0.15, 0.2) is 18.2 Å². The Morgan fingerprint density at radius 2 is 1.91 bits per heavy atom. The Morgan fingerprint density at radius 3 is 2.39 bits per heavy atom. The minimum atomic E-state index is -4.63. The fraction of sp³-hybridized carbons (Fsp3) is 0.462. The molecule has 0 fully saturated rings. The Balaban J connectivity index is 3.20. The van der Waals surface area contributed by atoms with E-state index < -0.39 is 33.7 Å². The molecular formula is C13H18F3N3O3S. The number of carbonyl (C=O) groups is 1. The van der Waals surface area contributed by atoms with E-state index in [1.807, 2.05) is 0 Å². The predicted octanol–water partition coefficient (Wildman–Crippen LogP) is 2.14.